The summed E-state index contributed by atoms with van der Waals surface area (Å²) in [7, 11) is 0. The average Bonchev–Trinajstić information content (AvgIpc) is 3.46. The highest BCUT2D eigenvalue weighted by molar-refractivity contribution is 6.65. The van der Waals surface area contributed by atoms with Crippen LogP contribution in [-0.2, 0) is 0 Å². The lowest BCUT2D eigenvalue weighted by atomic mass is 9.18. The topological polar surface area (TPSA) is 43.4 Å². The Morgan fingerprint density at radius 2 is 0.964 bits per heavy atom. The van der Waals surface area contributed by atoms with E-state index in [1.54, 1.807) is 56.9 Å². The van der Waals surface area contributed by atoms with Gasteiger partial charge in [-0.25, -0.2) is 0 Å². The third kappa shape index (κ3) is 4.62. The van der Waals surface area contributed by atoms with Gasteiger partial charge in [-0.2, -0.15) is 0 Å². The van der Waals surface area contributed by atoms with Crippen molar-refractivity contribution in [1.29, 1.82) is 0 Å². The zero-order valence-electron chi connectivity index (χ0n) is 34.0. The zero-order chi connectivity index (χ0) is 35.5. The van der Waals surface area contributed by atoms with Crippen LogP contribution in [0.5, 0.6) is 0 Å². The molecule has 296 valence electrons. The van der Waals surface area contributed by atoms with Gasteiger partial charge in [0.2, 0.25) is 0 Å². The van der Waals surface area contributed by atoms with Gasteiger partial charge < -0.3 is 10.6 Å². The third-order valence-electron chi connectivity index (χ3n) is 22.1. The van der Waals surface area contributed by atoms with E-state index < -0.39 is 0 Å². The molecule has 55 heavy (non-hydrogen) atoms. The maximum Gasteiger partial charge on any atom is 0.160 e. The van der Waals surface area contributed by atoms with Crippen LogP contribution in [0.25, 0.3) is 0 Å². The Hall–Kier alpha value is -0.945. The summed E-state index contributed by atoms with van der Waals surface area (Å²) in [5, 5.41) is 9.06. The maximum atomic E-state index is 4.62. The van der Waals surface area contributed by atoms with E-state index in [4.69, 9.17) is 0 Å². The molecule has 0 aromatic carbocycles. The Labute approximate surface area is 333 Å². The van der Waals surface area contributed by atoms with E-state index >= 15 is 0 Å². The van der Waals surface area contributed by atoms with Crippen molar-refractivity contribution in [2.75, 3.05) is 13.1 Å². The van der Waals surface area contributed by atoms with E-state index in [2.05, 4.69) is 49.9 Å². The van der Waals surface area contributed by atoms with Crippen molar-refractivity contribution in [2.45, 2.75) is 200 Å². The second-order valence-electron chi connectivity index (χ2n) is 23.2. The number of rotatable bonds is 1. The van der Waals surface area contributed by atoms with Gasteiger partial charge in [0.05, 0.1) is 0 Å². The van der Waals surface area contributed by atoms with Gasteiger partial charge in [-0.15, -0.1) is 0 Å². The number of fused-ring (bicyclic) bond motifs is 8. The Bertz CT molecular complexity index is 1520. The first-order valence-electron chi connectivity index (χ1n) is 25.2. The second kappa shape index (κ2) is 12.8. The van der Waals surface area contributed by atoms with Crippen molar-refractivity contribution >= 4 is 6.71 Å². The molecule has 0 bridgehead atoms. The fourth-order valence-corrected chi connectivity index (χ4v) is 21.3. The number of hydrogen-bond acceptors (Lipinski definition) is 5. The van der Waals surface area contributed by atoms with E-state index in [0.717, 1.165) is 132 Å². The molecule has 13 fully saturated rings. The minimum absolute atomic E-state index is 0.692. The number of hydrogen-bond donors (Lipinski definition) is 2. The molecule has 0 amide bonds. The van der Waals surface area contributed by atoms with Crippen LogP contribution in [0.3, 0.4) is 0 Å². The Morgan fingerprint density at radius 1 is 0.509 bits per heavy atom. The molecule has 13 aliphatic rings. The molecule has 1 aromatic heterocycles. The van der Waals surface area contributed by atoms with Crippen molar-refractivity contribution in [3.05, 3.63) is 30.1 Å². The Balaban J connectivity index is 0.982. The summed E-state index contributed by atoms with van der Waals surface area (Å²) < 4.78 is 0. The third-order valence-corrected chi connectivity index (χ3v) is 22.1. The van der Waals surface area contributed by atoms with Crippen molar-refractivity contribution < 1.29 is 0 Å². The quantitative estimate of drug-likeness (QED) is 0.283. The molecule has 7 aliphatic carbocycles. The van der Waals surface area contributed by atoms with Crippen LogP contribution >= 0.6 is 0 Å². The molecule has 20 atom stereocenters. The highest BCUT2D eigenvalue weighted by Crippen LogP contribution is 2.69. The monoisotopic (exact) mass is 742 g/mol. The van der Waals surface area contributed by atoms with Crippen molar-refractivity contribution in [3.8, 4) is 0 Å². The van der Waals surface area contributed by atoms with Gasteiger partial charge in [-0.05, 0) is 178 Å². The van der Waals surface area contributed by atoms with Crippen molar-refractivity contribution in [3.63, 3.8) is 0 Å². The first kappa shape index (κ1) is 33.8. The first-order chi connectivity index (χ1) is 27.3. The fourth-order valence-electron chi connectivity index (χ4n) is 21.3. The molecule has 6 heteroatoms. The van der Waals surface area contributed by atoms with Crippen molar-refractivity contribution in [1.82, 2.24) is 25.4 Å². The summed E-state index contributed by atoms with van der Waals surface area (Å²) in [6, 6.07) is 11.5. The van der Waals surface area contributed by atoms with E-state index in [9.17, 15) is 0 Å². The smallest absolute Gasteiger partial charge is 0.160 e. The Kier molecular flexibility index (Phi) is 7.86. The predicted molar refractivity (Wildman–Crippen MR) is 221 cm³/mol. The lowest BCUT2D eigenvalue weighted by Gasteiger charge is -2.72. The van der Waals surface area contributed by atoms with Gasteiger partial charge in [0.1, 0.15) is 0 Å². The van der Waals surface area contributed by atoms with Gasteiger partial charge in [0.15, 0.2) is 6.71 Å². The van der Waals surface area contributed by atoms with Gasteiger partial charge in [-0.3, -0.25) is 14.8 Å². The fraction of sp³-hybridized carbons (Fsp3) is 0.898. The van der Waals surface area contributed by atoms with Crippen LogP contribution in [-0.4, -0.2) is 82.9 Å². The molecule has 0 spiro atoms. The number of nitrogens with one attached hydrogen (secondary N) is 2. The number of piperidine rings is 2. The molecule has 5 nitrogen and oxygen atoms in total. The van der Waals surface area contributed by atoms with Crippen molar-refractivity contribution in [2.24, 2.45) is 59.2 Å². The summed E-state index contributed by atoms with van der Waals surface area (Å²) in [6.45, 7) is 3.58. The van der Waals surface area contributed by atoms with Crippen LogP contribution in [0.4, 0.5) is 0 Å². The van der Waals surface area contributed by atoms with E-state index in [1.165, 1.54) is 90.1 Å². The summed E-state index contributed by atoms with van der Waals surface area (Å²) >= 11 is 0. The molecule has 6 aliphatic heterocycles. The van der Waals surface area contributed by atoms with Gasteiger partial charge in [-0.1, -0.05) is 64.2 Å². The standard InChI is InChI=1S/C49H72BN5/c1-7-28-9-3-17-39-43(28)31(11-1)33-13-5-15-37-45(33)48-35(25-52-37)50-36-26-53-38-16-6-14-34-32-12-2-8-29-10-4-18-40(44(29)32)55(49(36)46(34)38)42-24-30(27-19-21-51-22-20-27)23-41(47(42)50)54(39)48/h19-22,28-49,52-53H,1-18,23-26H2. The molecule has 1 aromatic rings. The molecule has 20 unspecified atom stereocenters. The lowest BCUT2D eigenvalue weighted by Crippen LogP contribution is -2.80. The molecule has 2 N–H and O–H groups in total. The highest BCUT2D eigenvalue weighted by Gasteiger charge is 2.72. The number of nitrogens with zero attached hydrogens (tertiary/aromatic N) is 3. The summed E-state index contributed by atoms with van der Waals surface area (Å²) in [6.07, 6.45) is 34.7. The maximum absolute atomic E-state index is 4.62. The molecule has 6 saturated heterocycles. The van der Waals surface area contributed by atoms with Crippen LogP contribution < -0.4 is 10.6 Å². The average molecular weight is 742 g/mol. The summed E-state index contributed by atoms with van der Waals surface area (Å²) in [5.74, 6) is 13.1. The van der Waals surface area contributed by atoms with E-state index in [1.807, 2.05) is 0 Å². The molecule has 7 heterocycles. The SMILES string of the molecule is c1cc(C2CC3C4B(C5CNC6CCCC7C8CCCC9CCCC(C98)N3C5C67)C3CNC5CCCC6C7CCCC8CCCC(C87)N(C4C2)C3C56)ccn1. The normalized spacial score (nSPS) is 57.3. The van der Waals surface area contributed by atoms with E-state index in [-0.39, 0.29) is 0 Å². The van der Waals surface area contributed by atoms with Crippen LogP contribution in [0, 0.1) is 59.2 Å². The van der Waals surface area contributed by atoms with Gasteiger partial charge in [0, 0.05) is 60.7 Å². The second-order valence-corrected chi connectivity index (χ2v) is 23.2. The van der Waals surface area contributed by atoms with E-state index in [0.29, 0.717) is 5.92 Å². The highest BCUT2D eigenvalue weighted by atomic mass is 15.3. The van der Waals surface area contributed by atoms with Gasteiger partial charge in [0.25, 0.3) is 0 Å². The summed E-state index contributed by atoms with van der Waals surface area (Å²) in [4.78, 5) is 11.8. The van der Waals surface area contributed by atoms with Gasteiger partial charge >= 0.3 is 0 Å². The number of pyridine rings is 1. The summed E-state index contributed by atoms with van der Waals surface area (Å²) in [5.41, 5.74) is 1.64. The molecule has 14 rings (SSSR count). The lowest BCUT2D eigenvalue weighted by molar-refractivity contribution is -0.0989. The molecule has 0 radical (unpaired) electrons. The molecule has 7 saturated carbocycles. The first-order valence-corrected chi connectivity index (χ1v) is 25.2. The van der Waals surface area contributed by atoms with Crippen LogP contribution in [0.15, 0.2) is 24.5 Å². The largest absolute Gasteiger partial charge is 0.314 e. The number of aromatic nitrogens is 1. The minimum Gasteiger partial charge on any atom is -0.314 e. The van der Waals surface area contributed by atoms with Crippen LogP contribution in [0.1, 0.15) is 140 Å². The zero-order valence-corrected chi connectivity index (χ0v) is 34.0. The predicted octanol–water partition coefficient (Wildman–Crippen LogP) is 8.64. The van der Waals surface area contributed by atoms with Crippen LogP contribution in [0.2, 0.25) is 17.5 Å². The molecular formula is C49H72BN5. The minimum atomic E-state index is 0.692. The Morgan fingerprint density at radius 3 is 1.47 bits per heavy atom. The molecular weight excluding hydrogens is 669 g/mol.